The summed E-state index contributed by atoms with van der Waals surface area (Å²) in [6, 6.07) is 18.5. The van der Waals surface area contributed by atoms with E-state index in [1.807, 2.05) is 43.3 Å². The topological polar surface area (TPSA) is 17.1 Å². The highest BCUT2D eigenvalue weighted by Crippen LogP contribution is 2.34. The van der Waals surface area contributed by atoms with Gasteiger partial charge in [0.15, 0.2) is 0 Å². The highest BCUT2D eigenvalue weighted by molar-refractivity contribution is 9.10. The van der Waals surface area contributed by atoms with Crippen LogP contribution in [0.3, 0.4) is 0 Å². The SMILES string of the molecule is Cc1c(-c2ccc(C=O)cc2)cccc1-c1cccc(Br)c1F. The molecule has 114 valence electrons. The molecule has 3 rings (SSSR count). The molecule has 0 unspecified atom stereocenters. The summed E-state index contributed by atoms with van der Waals surface area (Å²) in [6.45, 7) is 1.98. The minimum Gasteiger partial charge on any atom is -0.298 e. The van der Waals surface area contributed by atoms with Crippen LogP contribution in [0.15, 0.2) is 65.1 Å². The van der Waals surface area contributed by atoms with Crippen LogP contribution >= 0.6 is 15.9 Å². The Kier molecular flexibility index (Phi) is 4.39. The molecule has 0 aliphatic heterocycles. The summed E-state index contributed by atoms with van der Waals surface area (Å²) in [5, 5.41) is 0. The number of carbonyl (C=O) groups excluding carboxylic acids is 1. The quantitative estimate of drug-likeness (QED) is 0.514. The normalized spacial score (nSPS) is 10.6. The number of rotatable bonds is 3. The summed E-state index contributed by atoms with van der Waals surface area (Å²) in [5.74, 6) is -0.260. The van der Waals surface area contributed by atoms with Gasteiger partial charge in [0.05, 0.1) is 4.47 Å². The second kappa shape index (κ2) is 6.47. The van der Waals surface area contributed by atoms with E-state index >= 15 is 0 Å². The predicted octanol–water partition coefficient (Wildman–Crippen LogP) is 6.04. The van der Waals surface area contributed by atoms with Crippen molar-refractivity contribution < 1.29 is 9.18 Å². The Morgan fingerprint density at radius 3 is 2.17 bits per heavy atom. The third-order valence-corrected chi connectivity index (χ3v) is 4.55. The molecule has 1 nitrogen and oxygen atoms in total. The van der Waals surface area contributed by atoms with Crippen LogP contribution in [-0.4, -0.2) is 6.29 Å². The van der Waals surface area contributed by atoms with Crippen molar-refractivity contribution in [2.45, 2.75) is 6.92 Å². The van der Waals surface area contributed by atoms with Gasteiger partial charge in [-0.3, -0.25) is 4.79 Å². The molecule has 3 aromatic carbocycles. The van der Waals surface area contributed by atoms with E-state index in [-0.39, 0.29) is 5.82 Å². The first-order valence-corrected chi connectivity index (χ1v) is 8.00. The van der Waals surface area contributed by atoms with Gasteiger partial charge < -0.3 is 0 Å². The van der Waals surface area contributed by atoms with Gasteiger partial charge >= 0.3 is 0 Å². The van der Waals surface area contributed by atoms with Crippen LogP contribution < -0.4 is 0 Å². The van der Waals surface area contributed by atoms with E-state index in [0.717, 1.165) is 28.5 Å². The number of carbonyl (C=O) groups is 1. The van der Waals surface area contributed by atoms with Gasteiger partial charge in [-0.1, -0.05) is 54.6 Å². The van der Waals surface area contributed by atoms with Gasteiger partial charge in [0, 0.05) is 11.1 Å². The highest BCUT2D eigenvalue weighted by Gasteiger charge is 2.13. The molecule has 0 bridgehead atoms. The maximum Gasteiger partial charge on any atom is 0.150 e. The Morgan fingerprint density at radius 2 is 1.48 bits per heavy atom. The van der Waals surface area contributed by atoms with Crippen LogP contribution in [0.25, 0.3) is 22.3 Å². The molecule has 0 radical (unpaired) electrons. The Labute approximate surface area is 142 Å². The van der Waals surface area contributed by atoms with Crippen LogP contribution in [0.4, 0.5) is 4.39 Å². The number of aldehydes is 1. The number of halogens is 2. The second-order valence-corrected chi connectivity index (χ2v) is 6.17. The Hall–Kier alpha value is -2.26. The fraction of sp³-hybridized carbons (Fsp3) is 0.0500. The molecule has 0 aliphatic rings. The van der Waals surface area contributed by atoms with E-state index in [4.69, 9.17) is 0 Å². The molecule has 3 aromatic rings. The highest BCUT2D eigenvalue weighted by atomic mass is 79.9. The minimum absolute atomic E-state index is 0.260. The Morgan fingerprint density at radius 1 is 0.870 bits per heavy atom. The summed E-state index contributed by atoms with van der Waals surface area (Å²) in [6.07, 6.45) is 0.823. The predicted molar refractivity (Wildman–Crippen MR) is 95.1 cm³/mol. The van der Waals surface area contributed by atoms with Crippen molar-refractivity contribution in [3.8, 4) is 22.3 Å². The summed E-state index contributed by atoms with van der Waals surface area (Å²) in [5.41, 5.74) is 5.11. The average molecular weight is 369 g/mol. The van der Waals surface area contributed by atoms with Crippen LogP contribution in [0, 0.1) is 12.7 Å². The van der Waals surface area contributed by atoms with Crippen molar-refractivity contribution in [1.82, 2.24) is 0 Å². The van der Waals surface area contributed by atoms with E-state index in [9.17, 15) is 9.18 Å². The molecular formula is C20H14BrFO. The van der Waals surface area contributed by atoms with Crippen molar-refractivity contribution in [3.63, 3.8) is 0 Å². The van der Waals surface area contributed by atoms with Crippen LogP contribution in [0.2, 0.25) is 0 Å². The van der Waals surface area contributed by atoms with E-state index in [1.54, 1.807) is 24.3 Å². The lowest BCUT2D eigenvalue weighted by Gasteiger charge is -2.13. The van der Waals surface area contributed by atoms with E-state index in [0.29, 0.717) is 15.6 Å². The van der Waals surface area contributed by atoms with Crippen LogP contribution in [0.1, 0.15) is 15.9 Å². The summed E-state index contributed by atoms with van der Waals surface area (Å²) < 4.78 is 14.9. The zero-order valence-electron chi connectivity index (χ0n) is 12.5. The van der Waals surface area contributed by atoms with Crippen molar-refractivity contribution in [2.24, 2.45) is 0 Å². The van der Waals surface area contributed by atoms with Gasteiger partial charge in [-0.2, -0.15) is 0 Å². The molecule has 0 heterocycles. The first-order valence-electron chi connectivity index (χ1n) is 7.21. The van der Waals surface area contributed by atoms with Gasteiger partial charge in [0.25, 0.3) is 0 Å². The van der Waals surface area contributed by atoms with E-state index < -0.39 is 0 Å². The van der Waals surface area contributed by atoms with Gasteiger partial charge in [0.2, 0.25) is 0 Å². The average Bonchev–Trinajstić information content (AvgIpc) is 2.58. The van der Waals surface area contributed by atoms with Crippen molar-refractivity contribution in [3.05, 3.63) is 82.1 Å². The molecule has 0 fully saturated rings. The van der Waals surface area contributed by atoms with Crippen molar-refractivity contribution in [1.29, 1.82) is 0 Å². The fourth-order valence-electron chi connectivity index (χ4n) is 2.69. The van der Waals surface area contributed by atoms with Gasteiger partial charge in [-0.05, 0) is 51.2 Å². The van der Waals surface area contributed by atoms with Gasteiger partial charge in [-0.25, -0.2) is 4.39 Å². The molecule has 0 saturated heterocycles. The molecular weight excluding hydrogens is 355 g/mol. The molecule has 23 heavy (non-hydrogen) atoms. The van der Waals surface area contributed by atoms with E-state index in [2.05, 4.69) is 15.9 Å². The molecule has 0 aromatic heterocycles. The first-order chi connectivity index (χ1) is 11.1. The lowest BCUT2D eigenvalue weighted by atomic mass is 9.92. The summed E-state index contributed by atoms with van der Waals surface area (Å²) in [4.78, 5) is 10.8. The lowest BCUT2D eigenvalue weighted by molar-refractivity contribution is 0.112. The van der Waals surface area contributed by atoms with Gasteiger partial charge in [-0.15, -0.1) is 0 Å². The van der Waals surface area contributed by atoms with Crippen molar-refractivity contribution >= 4 is 22.2 Å². The fourth-order valence-corrected chi connectivity index (χ4v) is 3.06. The van der Waals surface area contributed by atoms with Gasteiger partial charge in [0.1, 0.15) is 12.1 Å². The standard InChI is InChI=1S/C20H14BrFO/c1-13-16(15-10-8-14(12-23)9-11-15)4-2-5-17(13)18-6-3-7-19(21)20(18)22/h2-12H,1H3. The molecule has 0 spiro atoms. The molecule has 0 saturated carbocycles. The van der Waals surface area contributed by atoms with Crippen LogP contribution in [0.5, 0.6) is 0 Å². The zero-order valence-corrected chi connectivity index (χ0v) is 14.1. The maximum absolute atomic E-state index is 14.4. The zero-order chi connectivity index (χ0) is 16.4. The molecule has 0 atom stereocenters. The number of hydrogen-bond acceptors (Lipinski definition) is 1. The smallest absolute Gasteiger partial charge is 0.150 e. The molecule has 3 heteroatoms. The van der Waals surface area contributed by atoms with Crippen LogP contribution in [-0.2, 0) is 0 Å². The molecule has 0 aliphatic carbocycles. The largest absolute Gasteiger partial charge is 0.298 e. The monoisotopic (exact) mass is 368 g/mol. The molecule has 0 amide bonds. The van der Waals surface area contributed by atoms with Crippen molar-refractivity contribution in [2.75, 3.05) is 0 Å². The third kappa shape index (κ3) is 2.97. The molecule has 0 N–H and O–H groups in total. The summed E-state index contributed by atoms with van der Waals surface area (Å²) in [7, 11) is 0. The Balaban J connectivity index is 2.14. The number of hydrogen-bond donors (Lipinski definition) is 0. The first kappa shape index (κ1) is 15.6. The summed E-state index contributed by atoms with van der Waals surface area (Å²) >= 11 is 3.24. The maximum atomic E-state index is 14.4. The third-order valence-electron chi connectivity index (χ3n) is 3.93. The number of benzene rings is 3. The second-order valence-electron chi connectivity index (χ2n) is 5.32. The lowest BCUT2D eigenvalue weighted by Crippen LogP contribution is -1.92. The Bertz CT molecular complexity index is 869. The van der Waals surface area contributed by atoms with E-state index in [1.165, 1.54) is 0 Å². The minimum atomic E-state index is -0.260.